The van der Waals surface area contributed by atoms with Gasteiger partial charge in [-0.15, -0.1) is 0 Å². The maximum absolute atomic E-state index is 5.84. The number of hydrogen-bond acceptors (Lipinski definition) is 4. The van der Waals surface area contributed by atoms with Gasteiger partial charge in [-0.2, -0.15) is 0 Å². The lowest BCUT2D eigenvalue weighted by molar-refractivity contribution is 0.0889. The summed E-state index contributed by atoms with van der Waals surface area (Å²) in [6.45, 7) is 5.50. The van der Waals surface area contributed by atoms with Gasteiger partial charge in [0.05, 0.1) is 6.54 Å². The number of rotatable bonds is 3. The molecule has 0 aliphatic carbocycles. The predicted octanol–water partition coefficient (Wildman–Crippen LogP) is 2.60. The maximum Gasteiger partial charge on any atom is 0.142 e. The summed E-state index contributed by atoms with van der Waals surface area (Å²) in [6.07, 6.45) is 0. The molecule has 1 saturated heterocycles. The van der Waals surface area contributed by atoms with E-state index >= 15 is 0 Å². The van der Waals surface area contributed by atoms with Crippen molar-refractivity contribution in [3.63, 3.8) is 0 Å². The number of para-hydroxylation sites is 1. The number of nitrogens with zero attached hydrogens (tertiary/aromatic N) is 3. The third kappa shape index (κ3) is 3.08. The van der Waals surface area contributed by atoms with Crippen molar-refractivity contribution in [1.29, 1.82) is 0 Å². The minimum atomic E-state index is 0.654. The highest BCUT2D eigenvalue weighted by atomic mass is 16.5. The van der Waals surface area contributed by atoms with Gasteiger partial charge in [0.1, 0.15) is 18.3 Å². The summed E-state index contributed by atoms with van der Waals surface area (Å²) in [6, 6.07) is 18.6. The molecule has 0 N–H and O–H groups in total. The number of piperazine rings is 1. The lowest BCUT2D eigenvalue weighted by Gasteiger charge is -2.35. The second-order valence-electron chi connectivity index (χ2n) is 5.99. The summed E-state index contributed by atoms with van der Waals surface area (Å²) in [5, 5.41) is 0. The van der Waals surface area contributed by atoms with Gasteiger partial charge in [-0.3, -0.25) is 9.89 Å². The molecule has 2 aliphatic rings. The van der Waals surface area contributed by atoms with Crippen LogP contribution in [0.1, 0.15) is 11.1 Å². The largest absolute Gasteiger partial charge is 0.478 e. The van der Waals surface area contributed by atoms with Gasteiger partial charge >= 0.3 is 0 Å². The van der Waals surface area contributed by atoms with E-state index in [0.717, 1.165) is 38.5 Å². The highest BCUT2D eigenvalue weighted by Gasteiger charge is 2.24. The second-order valence-corrected chi connectivity index (χ2v) is 5.99. The molecule has 4 nitrogen and oxygen atoms in total. The molecule has 4 rings (SSSR count). The van der Waals surface area contributed by atoms with Crippen molar-refractivity contribution in [1.82, 2.24) is 9.80 Å². The average Bonchev–Trinajstić information content (AvgIpc) is 3.05. The van der Waals surface area contributed by atoms with Gasteiger partial charge in [0, 0.05) is 31.7 Å². The molecule has 118 valence electrons. The Bertz CT molecular complexity index is 691. The highest BCUT2D eigenvalue weighted by molar-refractivity contribution is 6.02. The van der Waals surface area contributed by atoms with E-state index in [1.807, 2.05) is 30.3 Å². The Balaban J connectivity index is 1.32. The van der Waals surface area contributed by atoms with Crippen molar-refractivity contribution in [3.8, 4) is 5.75 Å². The molecule has 23 heavy (non-hydrogen) atoms. The lowest BCUT2D eigenvalue weighted by atomic mass is 10.1. The number of benzene rings is 2. The molecule has 0 spiro atoms. The van der Waals surface area contributed by atoms with Gasteiger partial charge in [-0.25, -0.2) is 0 Å². The molecule has 2 heterocycles. The van der Waals surface area contributed by atoms with Crippen LogP contribution in [-0.2, 0) is 6.54 Å². The van der Waals surface area contributed by atoms with Crippen LogP contribution >= 0.6 is 0 Å². The Morgan fingerprint density at radius 1 is 0.870 bits per heavy atom. The van der Waals surface area contributed by atoms with Crippen LogP contribution in [0.5, 0.6) is 5.75 Å². The third-order valence-electron chi connectivity index (χ3n) is 4.49. The molecular weight excluding hydrogens is 286 g/mol. The maximum atomic E-state index is 5.84. The molecule has 0 amide bonds. The SMILES string of the molecule is c1ccc(OCN2CCN(C3=NCc4ccccc43)CC2)cc1. The molecule has 0 atom stereocenters. The van der Waals surface area contributed by atoms with Crippen LogP contribution in [-0.4, -0.2) is 48.5 Å². The second kappa shape index (κ2) is 6.42. The van der Waals surface area contributed by atoms with Crippen molar-refractivity contribution in [2.45, 2.75) is 6.54 Å². The normalized spacial score (nSPS) is 17.7. The predicted molar refractivity (Wildman–Crippen MR) is 91.8 cm³/mol. The number of aliphatic imine (C=N–C) groups is 1. The van der Waals surface area contributed by atoms with Crippen molar-refractivity contribution in [3.05, 3.63) is 65.7 Å². The Labute approximate surface area is 137 Å². The van der Waals surface area contributed by atoms with Crippen LogP contribution in [0, 0.1) is 0 Å². The van der Waals surface area contributed by atoms with Crippen molar-refractivity contribution >= 4 is 5.84 Å². The molecule has 0 unspecified atom stereocenters. The van der Waals surface area contributed by atoms with Crippen LogP contribution in [0.2, 0.25) is 0 Å². The Kier molecular flexibility index (Phi) is 3.99. The van der Waals surface area contributed by atoms with E-state index in [2.05, 4.69) is 34.1 Å². The first-order valence-electron chi connectivity index (χ1n) is 8.18. The molecular formula is C19H21N3O. The zero-order valence-corrected chi connectivity index (χ0v) is 13.2. The van der Waals surface area contributed by atoms with Gasteiger partial charge in [0.25, 0.3) is 0 Å². The fraction of sp³-hybridized carbons (Fsp3) is 0.316. The molecule has 2 aromatic rings. The number of hydrogen-bond donors (Lipinski definition) is 0. The third-order valence-corrected chi connectivity index (χ3v) is 4.49. The minimum Gasteiger partial charge on any atom is -0.478 e. The molecule has 0 aromatic heterocycles. The van der Waals surface area contributed by atoms with E-state index in [-0.39, 0.29) is 0 Å². The fourth-order valence-corrected chi connectivity index (χ4v) is 3.16. The number of ether oxygens (including phenoxy) is 1. The summed E-state index contributed by atoms with van der Waals surface area (Å²) in [5.74, 6) is 2.10. The Morgan fingerprint density at radius 3 is 2.43 bits per heavy atom. The average molecular weight is 307 g/mol. The van der Waals surface area contributed by atoms with E-state index in [0.29, 0.717) is 6.73 Å². The van der Waals surface area contributed by atoms with Crippen molar-refractivity contribution < 1.29 is 4.74 Å². The van der Waals surface area contributed by atoms with Gasteiger partial charge in [0.2, 0.25) is 0 Å². The summed E-state index contributed by atoms with van der Waals surface area (Å²) in [4.78, 5) is 9.50. The first-order chi connectivity index (χ1) is 11.4. The molecule has 1 fully saturated rings. The van der Waals surface area contributed by atoms with Gasteiger partial charge in [-0.05, 0) is 17.7 Å². The summed E-state index contributed by atoms with van der Waals surface area (Å²) in [7, 11) is 0. The molecule has 2 aromatic carbocycles. The summed E-state index contributed by atoms with van der Waals surface area (Å²) in [5.41, 5.74) is 2.65. The fourth-order valence-electron chi connectivity index (χ4n) is 3.16. The molecule has 4 heteroatoms. The van der Waals surface area contributed by atoms with Crippen molar-refractivity contribution in [2.24, 2.45) is 4.99 Å². The van der Waals surface area contributed by atoms with E-state index in [1.165, 1.54) is 17.0 Å². The summed E-state index contributed by atoms with van der Waals surface area (Å²) < 4.78 is 5.84. The van der Waals surface area contributed by atoms with Gasteiger partial charge in [0.15, 0.2) is 0 Å². The van der Waals surface area contributed by atoms with Crippen LogP contribution in [0.25, 0.3) is 0 Å². The summed E-state index contributed by atoms with van der Waals surface area (Å²) >= 11 is 0. The first-order valence-corrected chi connectivity index (χ1v) is 8.18. The van der Waals surface area contributed by atoms with E-state index in [1.54, 1.807) is 0 Å². The Morgan fingerprint density at radius 2 is 1.61 bits per heavy atom. The zero-order chi connectivity index (χ0) is 15.5. The minimum absolute atomic E-state index is 0.654. The topological polar surface area (TPSA) is 28.1 Å². The van der Waals surface area contributed by atoms with E-state index < -0.39 is 0 Å². The molecule has 0 radical (unpaired) electrons. The van der Waals surface area contributed by atoms with E-state index in [9.17, 15) is 0 Å². The number of amidine groups is 1. The molecule has 2 aliphatic heterocycles. The highest BCUT2D eigenvalue weighted by Crippen LogP contribution is 2.21. The van der Waals surface area contributed by atoms with Crippen LogP contribution in [0.3, 0.4) is 0 Å². The van der Waals surface area contributed by atoms with E-state index in [4.69, 9.17) is 9.73 Å². The molecule has 0 bridgehead atoms. The molecule has 0 saturated carbocycles. The van der Waals surface area contributed by atoms with Crippen LogP contribution in [0.4, 0.5) is 0 Å². The van der Waals surface area contributed by atoms with Gasteiger partial charge in [-0.1, -0.05) is 42.5 Å². The van der Waals surface area contributed by atoms with Crippen LogP contribution < -0.4 is 4.74 Å². The zero-order valence-electron chi connectivity index (χ0n) is 13.2. The van der Waals surface area contributed by atoms with Crippen molar-refractivity contribution in [2.75, 3.05) is 32.9 Å². The lowest BCUT2D eigenvalue weighted by Crippen LogP contribution is -2.49. The van der Waals surface area contributed by atoms with Gasteiger partial charge < -0.3 is 9.64 Å². The smallest absolute Gasteiger partial charge is 0.142 e. The quantitative estimate of drug-likeness (QED) is 0.872. The van der Waals surface area contributed by atoms with Crippen LogP contribution in [0.15, 0.2) is 59.6 Å². The monoisotopic (exact) mass is 307 g/mol. The standard InChI is InChI=1S/C19H21N3O/c1-2-7-17(8-3-1)23-15-21-10-12-22(13-11-21)19-18-9-5-4-6-16(18)14-20-19/h1-9H,10-15H2. The Hall–Kier alpha value is -2.33. The number of fused-ring (bicyclic) bond motifs is 1. The first kappa shape index (κ1) is 14.3.